The van der Waals surface area contributed by atoms with Crippen molar-refractivity contribution in [1.82, 2.24) is 0 Å². The fourth-order valence-electron chi connectivity index (χ4n) is 0.662. The molecule has 0 amide bonds. The molecule has 0 radical (unpaired) electrons. The highest BCUT2D eigenvalue weighted by Gasteiger charge is 2.05. The van der Waals surface area contributed by atoms with Crippen molar-refractivity contribution < 1.29 is 9.18 Å². The third-order valence-electron chi connectivity index (χ3n) is 1.15. The van der Waals surface area contributed by atoms with Gasteiger partial charge in [-0.1, -0.05) is 15.9 Å². The second kappa shape index (κ2) is 3.62. The first-order valence-corrected chi connectivity index (χ1v) is 4.62. The summed E-state index contributed by atoms with van der Waals surface area (Å²) in [7, 11) is 0. The first-order chi connectivity index (χ1) is 5.15. The SMILES string of the molecule is O=Cc1cc(Br)cc(F)c1I. The van der Waals surface area contributed by atoms with Gasteiger partial charge < -0.3 is 0 Å². The molecule has 1 rings (SSSR count). The predicted octanol–water partition coefficient (Wildman–Crippen LogP) is 3.01. The van der Waals surface area contributed by atoms with Gasteiger partial charge in [-0.05, 0) is 34.7 Å². The van der Waals surface area contributed by atoms with Crippen LogP contribution in [-0.4, -0.2) is 6.29 Å². The van der Waals surface area contributed by atoms with Crippen LogP contribution in [0.5, 0.6) is 0 Å². The minimum Gasteiger partial charge on any atom is -0.298 e. The van der Waals surface area contributed by atoms with Crippen molar-refractivity contribution in [2.75, 3.05) is 0 Å². The smallest absolute Gasteiger partial charge is 0.151 e. The van der Waals surface area contributed by atoms with Crippen LogP contribution in [0, 0.1) is 9.39 Å². The molecule has 0 heterocycles. The van der Waals surface area contributed by atoms with Crippen LogP contribution >= 0.6 is 38.5 Å². The third kappa shape index (κ3) is 1.99. The van der Waals surface area contributed by atoms with E-state index in [1.807, 2.05) is 0 Å². The normalized spacial score (nSPS) is 9.73. The summed E-state index contributed by atoms with van der Waals surface area (Å²) in [6.45, 7) is 0. The van der Waals surface area contributed by atoms with Gasteiger partial charge in [0.25, 0.3) is 0 Å². The molecule has 1 aromatic carbocycles. The fraction of sp³-hybridized carbons (Fsp3) is 0. The summed E-state index contributed by atoms with van der Waals surface area (Å²) in [5.41, 5.74) is 0.373. The van der Waals surface area contributed by atoms with E-state index in [4.69, 9.17) is 0 Å². The molecule has 1 aromatic rings. The molecule has 0 saturated carbocycles. The lowest BCUT2D eigenvalue weighted by Crippen LogP contribution is -1.90. The molecule has 11 heavy (non-hydrogen) atoms. The lowest BCUT2D eigenvalue weighted by atomic mass is 10.2. The van der Waals surface area contributed by atoms with Crippen LogP contribution in [0.15, 0.2) is 16.6 Å². The Balaban J connectivity index is 3.35. The molecule has 0 aliphatic carbocycles. The second-order valence-electron chi connectivity index (χ2n) is 1.91. The molecule has 0 saturated heterocycles. The zero-order valence-corrected chi connectivity index (χ0v) is 9.02. The van der Waals surface area contributed by atoms with Gasteiger partial charge in [0.15, 0.2) is 6.29 Å². The van der Waals surface area contributed by atoms with Crippen LogP contribution in [0.25, 0.3) is 0 Å². The Kier molecular flexibility index (Phi) is 3.00. The van der Waals surface area contributed by atoms with E-state index < -0.39 is 0 Å². The third-order valence-corrected chi connectivity index (χ3v) is 2.74. The van der Waals surface area contributed by atoms with Gasteiger partial charge in [-0.15, -0.1) is 0 Å². The summed E-state index contributed by atoms with van der Waals surface area (Å²) in [5, 5.41) is 0. The molecule has 0 spiro atoms. The Labute approximate surface area is 85.3 Å². The van der Waals surface area contributed by atoms with E-state index in [0.29, 0.717) is 19.9 Å². The molecule has 0 aliphatic heterocycles. The average Bonchev–Trinajstić information content (AvgIpc) is 1.96. The largest absolute Gasteiger partial charge is 0.298 e. The van der Waals surface area contributed by atoms with Crippen molar-refractivity contribution in [1.29, 1.82) is 0 Å². The minimum atomic E-state index is -0.373. The Morgan fingerprint density at radius 1 is 1.55 bits per heavy atom. The monoisotopic (exact) mass is 328 g/mol. The number of aldehydes is 1. The second-order valence-corrected chi connectivity index (χ2v) is 3.90. The molecule has 4 heteroatoms. The van der Waals surface area contributed by atoms with Gasteiger partial charge in [-0.25, -0.2) is 4.39 Å². The number of hydrogen-bond acceptors (Lipinski definition) is 1. The lowest BCUT2D eigenvalue weighted by Gasteiger charge is -1.98. The Morgan fingerprint density at radius 3 is 2.73 bits per heavy atom. The van der Waals surface area contributed by atoms with Crippen molar-refractivity contribution in [3.8, 4) is 0 Å². The maximum Gasteiger partial charge on any atom is 0.151 e. The minimum absolute atomic E-state index is 0.362. The highest BCUT2D eigenvalue weighted by molar-refractivity contribution is 14.1. The zero-order chi connectivity index (χ0) is 8.43. The van der Waals surface area contributed by atoms with Gasteiger partial charge in [0, 0.05) is 10.0 Å². The van der Waals surface area contributed by atoms with Gasteiger partial charge in [-0.3, -0.25) is 4.79 Å². The van der Waals surface area contributed by atoms with Crippen LogP contribution in [0.4, 0.5) is 4.39 Å². The lowest BCUT2D eigenvalue weighted by molar-refractivity contribution is 0.112. The summed E-state index contributed by atoms with van der Waals surface area (Å²) in [6, 6.07) is 2.91. The van der Waals surface area contributed by atoms with E-state index in [-0.39, 0.29) is 5.82 Å². The maximum absolute atomic E-state index is 12.8. The van der Waals surface area contributed by atoms with E-state index in [1.165, 1.54) is 6.07 Å². The standard InChI is InChI=1S/C7H3BrFIO/c8-5-1-4(3-11)7(10)6(9)2-5/h1-3H. The summed E-state index contributed by atoms with van der Waals surface area (Å²) in [5.74, 6) is -0.373. The van der Waals surface area contributed by atoms with Crippen molar-refractivity contribution in [2.45, 2.75) is 0 Å². The molecule has 58 valence electrons. The summed E-state index contributed by atoms with van der Waals surface area (Å²) < 4.78 is 13.8. The van der Waals surface area contributed by atoms with E-state index in [0.717, 1.165) is 0 Å². The highest BCUT2D eigenvalue weighted by atomic mass is 127. The van der Waals surface area contributed by atoms with Crippen molar-refractivity contribution >= 4 is 44.8 Å². The Morgan fingerprint density at radius 2 is 2.18 bits per heavy atom. The molecule has 0 bridgehead atoms. The van der Waals surface area contributed by atoms with E-state index in [1.54, 1.807) is 28.7 Å². The highest BCUT2D eigenvalue weighted by Crippen LogP contribution is 2.20. The molecule has 0 aromatic heterocycles. The molecular formula is C7H3BrFIO. The van der Waals surface area contributed by atoms with Crippen LogP contribution < -0.4 is 0 Å². The van der Waals surface area contributed by atoms with Gasteiger partial charge in [0.1, 0.15) is 5.82 Å². The molecule has 0 fully saturated rings. The number of carbonyl (C=O) groups excluding carboxylic acids is 1. The topological polar surface area (TPSA) is 17.1 Å². The molecular weight excluding hydrogens is 326 g/mol. The number of hydrogen-bond donors (Lipinski definition) is 0. The Hall–Kier alpha value is 0.0300. The number of rotatable bonds is 1. The molecule has 1 nitrogen and oxygen atoms in total. The number of benzene rings is 1. The van der Waals surface area contributed by atoms with Crippen LogP contribution in [0.1, 0.15) is 10.4 Å². The van der Waals surface area contributed by atoms with Crippen molar-refractivity contribution in [3.63, 3.8) is 0 Å². The van der Waals surface area contributed by atoms with E-state index in [2.05, 4.69) is 15.9 Å². The van der Waals surface area contributed by atoms with Crippen LogP contribution in [-0.2, 0) is 0 Å². The summed E-state index contributed by atoms with van der Waals surface area (Å²) in [6.07, 6.45) is 0.635. The van der Waals surface area contributed by atoms with E-state index in [9.17, 15) is 9.18 Å². The van der Waals surface area contributed by atoms with Gasteiger partial charge >= 0.3 is 0 Å². The van der Waals surface area contributed by atoms with E-state index >= 15 is 0 Å². The van der Waals surface area contributed by atoms with Crippen LogP contribution in [0.3, 0.4) is 0 Å². The van der Waals surface area contributed by atoms with Crippen molar-refractivity contribution in [2.24, 2.45) is 0 Å². The molecule has 0 aliphatic rings. The molecule has 0 atom stereocenters. The quantitative estimate of drug-likeness (QED) is 0.440. The number of carbonyl (C=O) groups is 1. The summed E-state index contributed by atoms with van der Waals surface area (Å²) in [4.78, 5) is 10.3. The van der Waals surface area contributed by atoms with Crippen LogP contribution in [0.2, 0.25) is 0 Å². The first-order valence-electron chi connectivity index (χ1n) is 2.75. The zero-order valence-electron chi connectivity index (χ0n) is 5.27. The fourth-order valence-corrected chi connectivity index (χ4v) is 1.55. The van der Waals surface area contributed by atoms with Crippen molar-refractivity contribution in [3.05, 3.63) is 31.6 Å². The van der Waals surface area contributed by atoms with Gasteiger partial charge in [-0.2, -0.15) is 0 Å². The van der Waals surface area contributed by atoms with Gasteiger partial charge in [0.2, 0.25) is 0 Å². The average molecular weight is 329 g/mol. The predicted molar refractivity (Wildman–Crippen MR) is 52.2 cm³/mol. The maximum atomic E-state index is 12.8. The molecule has 0 N–H and O–H groups in total. The first kappa shape index (κ1) is 9.12. The number of halogens is 3. The Bertz CT molecular complexity index is 301. The van der Waals surface area contributed by atoms with Gasteiger partial charge in [0.05, 0.1) is 3.57 Å². The molecule has 0 unspecified atom stereocenters. The summed E-state index contributed by atoms with van der Waals surface area (Å²) >= 11 is 4.88.